The summed E-state index contributed by atoms with van der Waals surface area (Å²) < 4.78 is 0. The van der Waals surface area contributed by atoms with E-state index in [0.717, 1.165) is 12.8 Å². The van der Waals surface area contributed by atoms with Crippen molar-refractivity contribution in [1.29, 1.82) is 0 Å². The molecule has 1 unspecified atom stereocenters. The highest BCUT2D eigenvalue weighted by Gasteiger charge is 2.02. The summed E-state index contributed by atoms with van der Waals surface area (Å²) in [5, 5.41) is 10.6. The molecule has 1 N–H and O–H groups in total. The van der Waals surface area contributed by atoms with Crippen LogP contribution in [0.3, 0.4) is 0 Å². The van der Waals surface area contributed by atoms with Gasteiger partial charge in [0, 0.05) is 6.04 Å². The maximum Gasteiger partial charge on any atom is 0.244 e. The first-order chi connectivity index (χ1) is 6.22. The third kappa shape index (κ3) is 3.55. The van der Waals surface area contributed by atoms with Gasteiger partial charge < -0.3 is 5.32 Å². The monoisotopic (exact) mass is 200 g/mol. The van der Waals surface area contributed by atoms with E-state index in [2.05, 4.69) is 34.3 Å². The molecular weight excluding hydrogens is 188 g/mol. The van der Waals surface area contributed by atoms with E-state index in [1.807, 2.05) is 0 Å². The summed E-state index contributed by atoms with van der Waals surface area (Å²) in [6.07, 6.45) is 3.81. The largest absolute Gasteiger partial charge is 0.366 e. The van der Waals surface area contributed by atoms with Crippen molar-refractivity contribution in [2.24, 2.45) is 0 Å². The van der Waals surface area contributed by atoms with Crippen LogP contribution in [0.2, 0.25) is 5.28 Å². The van der Waals surface area contributed by atoms with Crippen LogP contribution in [-0.2, 0) is 0 Å². The van der Waals surface area contributed by atoms with Crippen molar-refractivity contribution >= 4 is 17.4 Å². The molecule has 0 radical (unpaired) electrons. The van der Waals surface area contributed by atoms with Crippen LogP contribution in [0.15, 0.2) is 6.20 Å². The molecule has 0 aliphatic rings. The van der Waals surface area contributed by atoms with E-state index in [-0.39, 0.29) is 5.28 Å². The number of nitrogens with zero attached hydrogens (tertiary/aromatic N) is 3. The topological polar surface area (TPSA) is 50.7 Å². The van der Waals surface area contributed by atoms with Gasteiger partial charge in [0.1, 0.15) is 5.82 Å². The van der Waals surface area contributed by atoms with Crippen LogP contribution < -0.4 is 5.32 Å². The lowest BCUT2D eigenvalue weighted by atomic mass is 10.2. The van der Waals surface area contributed by atoms with Crippen LogP contribution in [-0.4, -0.2) is 21.2 Å². The Morgan fingerprint density at radius 3 is 3.00 bits per heavy atom. The number of hydrogen-bond acceptors (Lipinski definition) is 4. The molecule has 0 amide bonds. The molecule has 0 bridgehead atoms. The summed E-state index contributed by atoms with van der Waals surface area (Å²) in [6, 6.07) is 0.387. The van der Waals surface area contributed by atoms with Gasteiger partial charge in [-0.05, 0) is 24.9 Å². The van der Waals surface area contributed by atoms with Gasteiger partial charge in [-0.25, -0.2) is 0 Å². The number of aromatic nitrogens is 3. The molecule has 0 saturated carbocycles. The molecular formula is C8H13ClN4. The van der Waals surface area contributed by atoms with Gasteiger partial charge in [-0.2, -0.15) is 10.1 Å². The normalized spacial score (nSPS) is 12.5. The summed E-state index contributed by atoms with van der Waals surface area (Å²) in [4.78, 5) is 3.98. The van der Waals surface area contributed by atoms with E-state index in [1.165, 1.54) is 0 Å². The van der Waals surface area contributed by atoms with Gasteiger partial charge in [-0.15, -0.1) is 5.10 Å². The zero-order valence-electron chi connectivity index (χ0n) is 7.79. The Hall–Kier alpha value is -0.900. The molecule has 0 spiro atoms. The Morgan fingerprint density at radius 1 is 1.62 bits per heavy atom. The maximum absolute atomic E-state index is 5.58. The zero-order chi connectivity index (χ0) is 9.68. The maximum atomic E-state index is 5.58. The third-order valence-electron chi connectivity index (χ3n) is 1.65. The fourth-order valence-electron chi connectivity index (χ4n) is 1.11. The SMILES string of the molecule is CCCC(C)Nc1cnnc(Cl)n1. The number of halogens is 1. The quantitative estimate of drug-likeness (QED) is 0.809. The highest BCUT2D eigenvalue weighted by Crippen LogP contribution is 2.07. The van der Waals surface area contributed by atoms with Gasteiger partial charge in [-0.3, -0.25) is 0 Å². The van der Waals surface area contributed by atoms with Gasteiger partial charge >= 0.3 is 0 Å². The van der Waals surface area contributed by atoms with E-state index in [1.54, 1.807) is 6.20 Å². The first kappa shape index (κ1) is 10.2. The van der Waals surface area contributed by atoms with E-state index < -0.39 is 0 Å². The Labute approximate surface area is 82.7 Å². The molecule has 0 aromatic carbocycles. The highest BCUT2D eigenvalue weighted by molar-refractivity contribution is 6.28. The van der Waals surface area contributed by atoms with Crippen LogP contribution in [0.25, 0.3) is 0 Å². The molecule has 1 heterocycles. The average molecular weight is 201 g/mol. The standard InChI is InChI=1S/C8H13ClN4/c1-3-4-6(2)11-7-5-10-13-8(9)12-7/h5-6H,3-4H2,1-2H3,(H,11,12,13). The van der Waals surface area contributed by atoms with E-state index in [9.17, 15) is 0 Å². The molecule has 1 rings (SSSR count). The predicted octanol–water partition coefficient (Wildman–Crippen LogP) is 2.13. The molecule has 1 aromatic heterocycles. The molecule has 13 heavy (non-hydrogen) atoms. The molecule has 0 fully saturated rings. The van der Waals surface area contributed by atoms with Crippen LogP contribution in [0.5, 0.6) is 0 Å². The number of anilines is 1. The van der Waals surface area contributed by atoms with Crippen LogP contribution in [0, 0.1) is 0 Å². The second-order valence-electron chi connectivity index (χ2n) is 2.94. The first-order valence-electron chi connectivity index (χ1n) is 4.34. The zero-order valence-corrected chi connectivity index (χ0v) is 8.54. The Balaban J connectivity index is 2.53. The Morgan fingerprint density at radius 2 is 2.38 bits per heavy atom. The Kier molecular flexibility index (Phi) is 3.89. The summed E-state index contributed by atoms with van der Waals surface area (Å²) in [5.41, 5.74) is 0. The van der Waals surface area contributed by atoms with Crippen molar-refractivity contribution in [1.82, 2.24) is 15.2 Å². The highest BCUT2D eigenvalue weighted by atomic mass is 35.5. The van der Waals surface area contributed by atoms with Gasteiger partial charge in [0.25, 0.3) is 0 Å². The van der Waals surface area contributed by atoms with Crippen LogP contribution in [0.4, 0.5) is 5.82 Å². The number of nitrogens with one attached hydrogen (secondary N) is 1. The molecule has 0 aliphatic carbocycles. The third-order valence-corrected chi connectivity index (χ3v) is 1.81. The lowest BCUT2D eigenvalue weighted by Gasteiger charge is -2.12. The van der Waals surface area contributed by atoms with Crippen molar-refractivity contribution in [3.63, 3.8) is 0 Å². The lowest BCUT2D eigenvalue weighted by Crippen LogP contribution is -2.15. The van der Waals surface area contributed by atoms with Gasteiger partial charge in [-0.1, -0.05) is 13.3 Å². The van der Waals surface area contributed by atoms with Crippen LogP contribution in [0.1, 0.15) is 26.7 Å². The second-order valence-corrected chi connectivity index (χ2v) is 3.28. The smallest absolute Gasteiger partial charge is 0.244 e. The van der Waals surface area contributed by atoms with Crippen molar-refractivity contribution in [2.45, 2.75) is 32.7 Å². The minimum Gasteiger partial charge on any atom is -0.366 e. The first-order valence-corrected chi connectivity index (χ1v) is 4.72. The molecule has 0 saturated heterocycles. The van der Waals surface area contributed by atoms with Gasteiger partial charge in [0.2, 0.25) is 5.28 Å². The van der Waals surface area contributed by atoms with E-state index in [0.29, 0.717) is 11.9 Å². The number of rotatable bonds is 4. The van der Waals surface area contributed by atoms with E-state index in [4.69, 9.17) is 11.6 Å². The van der Waals surface area contributed by atoms with Crippen LogP contribution >= 0.6 is 11.6 Å². The summed E-state index contributed by atoms with van der Waals surface area (Å²) in [6.45, 7) is 4.24. The summed E-state index contributed by atoms with van der Waals surface area (Å²) >= 11 is 5.58. The molecule has 4 nitrogen and oxygen atoms in total. The average Bonchev–Trinajstić information content (AvgIpc) is 2.04. The minimum atomic E-state index is 0.175. The molecule has 72 valence electrons. The molecule has 0 aliphatic heterocycles. The fraction of sp³-hybridized carbons (Fsp3) is 0.625. The van der Waals surface area contributed by atoms with Crippen molar-refractivity contribution in [3.05, 3.63) is 11.5 Å². The molecule has 1 atom stereocenters. The minimum absolute atomic E-state index is 0.175. The van der Waals surface area contributed by atoms with Gasteiger partial charge in [0.05, 0.1) is 6.20 Å². The molecule has 1 aromatic rings. The second kappa shape index (κ2) is 4.97. The predicted molar refractivity (Wildman–Crippen MR) is 52.8 cm³/mol. The summed E-state index contributed by atoms with van der Waals surface area (Å²) in [5.74, 6) is 0.681. The van der Waals surface area contributed by atoms with Crippen molar-refractivity contribution in [3.8, 4) is 0 Å². The Bertz CT molecular complexity index is 266. The van der Waals surface area contributed by atoms with Crippen molar-refractivity contribution in [2.75, 3.05) is 5.32 Å². The molecule has 5 heteroatoms. The lowest BCUT2D eigenvalue weighted by molar-refractivity contribution is 0.686. The number of hydrogen-bond donors (Lipinski definition) is 1. The fourth-order valence-corrected chi connectivity index (χ4v) is 1.24. The van der Waals surface area contributed by atoms with E-state index >= 15 is 0 Å². The van der Waals surface area contributed by atoms with Gasteiger partial charge in [0.15, 0.2) is 0 Å². The van der Waals surface area contributed by atoms with Crippen molar-refractivity contribution < 1.29 is 0 Å². The summed E-state index contributed by atoms with van der Waals surface area (Å²) in [7, 11) is 0.